The van der Waals surface area contributed by atoms with E-state index in [1.165, 1.54) is 31.2 Å². The van der Waals surface area contributed by atoms with Crippen molar-refractivity contribution in [2.45, 2.75) is 43.5 Å². The van der Waals surface area contributed by atoms with Crippen LogP contribution in [0.2, 0.25) is 5.02 Å². The minimum absolute atomic E-state index is 0.630. The molecule has 2 atom stereocenters. The van der Waals surface area contributed by atoms with Gasteiger partial charge < -0.3 is 5.32 Å². The molecule has 2 nitrogen and oxygen atoms in total. The number of fused-ring (bicyclic) bond motifs is 1. The first kappa shape index (κ1) is 15.1. The lowest BCUT2D eigenvalue weighted by Gasteiger charge is -2.29. The van der Waals surface area contributed by atoms with Crippen molar-refractivity contribution in [2.75, 3.05) is 6.26 Å². The van der Waals surface area contributed by atoms with Crippen LogP contribution in [-0.4, -0.2) is 22.5 Å². The first-order valence-corrected chi connectivity index (χ1v) is 9.23. The molecular formula is C17H21ClN2S. The fourth-order valence-electron chi connectivity index (χ4n) is 3.14. The predicted octanol–water partition coefficient (Wildman–Crippen LogP) is 4.65. The number of pyridine rings is 1. The fourth-order valence-corrected chi connectivity index (χ4v) is 4.18. The molecule has 1 aromatic heterocycles. The molecule has 0 amide bonds. The average Bonchev–Trinajstić information content (AvgIpc) is 2.55. The number of hydrogen-bond donors (Lipinski definition) is 1. The van der Waals surface area contributed by atoms with Gasteiger partial charge in [-0.25, -0.2) is 0 Å². The van der Waals surface area contributed by atoms with Crippen molar-refractivity contribution < 1.29 is 0 Å². The lowest BCUT2D eigenvalue weighted by molar-refractivity contribution is 0.380. The lowest BCUT2D eigenvalue weighted by Crippen LogP contribution is -2.34. The highest BCUT2D eigenvalue weighted by Gasteiger charge is 2.20. The van der Waals surface area contributed by atoms with Gasteiger partial charge in [0.1, 0.15) is 0 Å². The van der Waals surface area contributed by atoms with E-state index in [4.69, 9.17) is 11.6 Å². The Kier molecular flexibility index (Phi) is 5.04. The number of nitrogens with zero attached hydrogens (tertiary/aromatic N) is 1. The summed E-state index contributed by atoms with van der Waals surface area (Å²) in [5.41, 5.74) is 2.26. The third-order valence-corrected chi connectivity index (χ3v) is 5.77. The number of rotatable bonds is 4. The summed E-state index contributed by atoms with van der Waals surface area (Å²) in [4.78, 5) is 4.51. The fraction of sp³-hybridized carbons (Fsp3) is 0.471. The lowest BCUT2D eigenvalue weighted by atomic mass is 9.94. The summed E-state index contributed by atoms with van der Waals surface area (Å²) < 4.78 is 0. The first-order valence-electron chi connectivity index (χ1n) is 7.56. The summed E-state index contributed by atoms with van der Waals surface area (Å²) in [5, 5.41) is 6.36. The van der Waals surface area contributed by atoms with Crippen LogP contribution in [0.4, 0.5) is 0 Å². The first-order chi connectivity index (χ1) is 10.3. The number of aromatic nitrogens is 1. The van der Waals surface area contributed by atoms with Crippen molar-refractivity contribution in [3.05, 3.63) is 41.0 Å². The summed E-state index contributed by atoms with van der Waals surface area (Å²) in [5.74, 6) is 0. The minimum atomic E-state index is 0.630. The molecule has 0 bridgehead atoms. The van der Waals surface area contributed by atoms with Gasteiger partial charge in [-0.1, -0.05) is 24.1 Å². The molecular weight excluding hydrogens is 300 g/mol. The van der Waals surface area contributed by atoms with Crippen LogP contribution in [0.5, 0.6) is 0 Å². The Morgan fingerprint density at radius 1 is 1.33 bits per heavy atom. The molecule has 1 N–H and O–H groups in total. The molecule has 21 heavy (non-hydrogen) atoms. The van der Waals surface area contributed by atoms with E-state index in [0.29, 0.717) is 6.04 Å². The van der Waals surface area contributed by atoms with Crippen LogP contribution >= 0.6 is 23.4 Å². The van der Waals surface area contributed by atoms with Gasteiger partial charge in [-0.15, -0.1) is 0 Å². The highest BCUT2D eigenvalue weighted by atomic mass is 35.5. The Morgan fingerprint density at radius 3 is 3.10 bits per heavy atom. The molecule has 2 aromatic rings. The molecule has 1 aliphatic carbocycles. The second-order valence-electron chi connectivity index (χ2n) is 5.71. The zero-order valence-electron chi connectivity index (χ0n) is 12.3. The molecule has 1 heterocycles. The number of thioether (sulfide) groups is 1. The maximum absolute atomic E-state index is 6.25. The minimum Gasteiger partial charge on any atom is -0.310 e. The number of halogens is 1. The summed E-state index contributed by atoms with van der Waals surface area (Å²) in [6.45, 7) is 0.871. The van der Waals surface area contributed by atoms with E-state index in [1.54, 1.807) is 0 Å². The van der Waals surface area contributed by atoms with Crippen LogP contribution in [0.15, 0.2) is 30.5 Å². The molecule has 0 spiro atoms. The Morgan fingerprint density at radius 2 is 2.24 bits per heavy atom. The summed E-state index contributed by atoms with van der Waals surface area (Å²) in [6, 6.07) is 8.69. The highest BCUT2D eigenvalue weighted by molar-refractivity contribution is 7.99. The van der Waals surface area contributed by atoms with Crippen molar-refractivity contribution in [3.8, 4) is 0 Å². The molecule has 3 rings (SSSR count). The van der Waals surface area contributed by atoms with Gasteiger partial charge in [-0.3, -0.25) is 4.98 Å². The van der Waals surface area contributed by atoms with E-state index in [9.17, 15) is 0 Å². The van der Waals surface area contributed by atoms with Crippen molar-refractivity contribution in [3.63, 3.8) is 0 Å². The molecule has 4 heteroatoms. The standard InChI is InChI=1S/C17H21ClN2S/c1-21-14-5-2-4-13(10-14)20-11-12-7-8-16(18)15-6-3-9-19-17(12)15/h3,6-9,13-14,20H,2,4-5,10-11H2,1H3. The van der Waals surface area contributed by atoms with Crippen molar-refractivity contribution in [2.24, 2.45) is 0 Å². The second kappa shape index (κ2) is 6.99. The monoisotopic (exact) mass is 320 g/mol. The molecule has 1 fully saturated rings. The van der Waals surface area contributed by atoms with Crippen LogP contribution in [0.25, 0.3) is 10.9 Å². The summed E-state index contributed by atoms with van der Waals surface area (Å²) in [7, 11) is 0. The smallest absolute Gasteiger partial charge is 0.0761 e. The van der Waals surface area contributed by atoms with Gasteiger partial charge in [0.15, 0.2) is 0 Å². The molecule has 1 aromatic carbocycles. The van der Waals surface area contributed by atoms with Crippen LogP contribution < -0.4 is 5.32 Å². The Balaban J connectivity index is 1.72. The van der Waals surface area contributed by atoms with E-state index >= 15 is 0 Å². The van der Waals surface area contributed by atoms with Crippen LogP contribution in [-0.2, 0) is 6.54 Å². The van der Waals surface area contributed by atoms with Gasteiger partial charge in [0.2, 0.25) is 0 Å². The zero-order chi connectivity index (χ0) is 14.7. The topological polar surface area (TPSA) is 24.9 Å². The van der Waals surface area contributed by atoms with Crippen molar-refractivity contribution in [1.29, 1.82) is 0 Å². The molecule has 1 aliphatic rings. The van der Waals surface area contributed by atoms with Gasteiger partial charge in [0.25, 0.3) is 0 Å². The van der Waals surface area contributed by atoms with E-state index in [0.717, 1.165) is 27.7 Å². The van der Waals surface area contributed by atoms with E-state index < -0.39 is 0 Å². The highest BCUT2D eigenvalue weighted by Crippen LogP contribution is 2.28. The van der Waals surface area contributed by atoms with Gasteiger partial charge in [-0.2, -0.15) is 11.8 Å². The summed E-state index contributed by atoms with van der Waals surface area (Å²) >= 11 is 8.26. The largest absolute Gasteiger partial charge is 0.310 e. The Bertz CT molecular complexity index is 617. The summed E-state index contributed by atoms with van der Waals surface area (Å²) in [6.07, 6.45) is 9.33. The number of nitrogens with one attached hydrogen (secondary N) is 1. The number of benzene rings is 1. The van der Waals surface area contributed by atoms with Gasteiger partial charge >= 0.3 is 0 Å². The quantitative estimate of drug-likeness (QED) is 0.887. The van der Waals surface area contributed by atoms with Crippen molar-refractivity contribution in [1.82, 2.24) is 10.3 Å². The van der Waals surface area contributed by atoms with E-state index in [-0.39, 0.29) is 0 Å². The molecule has 0 radical (unpaired) electrons. The van der Waals surface area contributed by atoms with Crippen molar-refractivity contribution >= 4 is 34.3 Å². The normalized spacial score (nSPS) is 22.6. The van der Waals surface area contributed by atoms with Gasteiger partial charge in [0.05, 0.1) is 5.52 Å². The maximum Gasteiger partial charge on any atom is 0.0761 e. The molecule has 0 saturated heterocycles. The molecule has 0 aliphatic heterocycles. The van der Waals surface area contributed by atoms with Gasteiger partial charge in [0, 0.05) is 34.4 Å². The molecule has 1 saturated carbocycles. The second-order valence-corrected chi connectivity index (χ2v) is 7.25. The number of hydrogen-bond acceptors (Lipinski definition) is 3. The molecule has 2 unspecified atom stereocenters. The average molecular weight is 321 g/mol. The van der Waals surface area contributed by atoms with Crippen LogP contribution in [0, 0.1) is 0 Å². The zero-order valence-corrected chi connectivity index (χ0v) is 13.9. The SMILES string of the molecule is CSC1CCCC(NCc2ccc(Cl)c3cccnc23)C1. The van der Waals surface area contributed by atoms with E-state index in [2.05, 4.69) is 22.6 Å². The maximum atomic E-state index is 6.25. The van der Waals surface area contributed by atoms with Gasteiger partial charge in [-0.05, 0) is 49.3 Å². The third kappa shape index (κ3) is 3.53. The van der Waals surface area contributed by atoms with Crippen LogP contribution in [0.1, 0.15) is 31.2 Å². The third-order valence-electron chi connectivity index (χ3n) is 4.34. The Labute approximate surface area is 135 Å². The molecule has 112 valence electrons. The predicted molar refractivity (Wildman–Crippen MR) is 93.2 cm³/mol. The van der Waals surface area contributed by atoms with E-state index in [1.807, 2.05) is 36.2 Å². The Hall–Kier alpha value is -0.770. The van der Waals surface area contributed by atoms with Crippen LogP contribution in [0.3, 0.4) is 0 Å².